The van der Waals surface area contributed by atoms with Crippen LogP contribution >= 0.6 is 0 Å². The van der Waals surface area contributed by atoms with E-state index in [0.717, 1.165) is 43.9 Å². The SMILES string of the molecule is COc1ccccc1CCNC(=O)CN1CCN(C[C@@H](C)O)CC1. The summed E-state index contributed by atoms with van der Waals surface area (Å²) in [6.07, 6.45) is 0.465. The molecule has 1 fully saturated rings. The molecule has 1 heterocycles. The van der Waals surface area contributed by atoms with E-state index in [1.54, 1.807) is 7.11 Å². The average Bonchev–Trinajstić information content (AvgIpc) is 2.56. The lowest BCUT2D eigenvalue weighted by Crippen LogP contribution is -2.50. The second-order valence-corrected chi connectivity index (χ2v) is 6.34. The number of methoxy groups -OCH3 is 1. The summed E-state index contributed by atoms with van der Waals surface area (Å²) in [7, 11) is 1.66. The minimum Gasteiger partial charge on any atom is -0.496 e. The van der Waals surface area contributed by atoms with Gasteiger partial charge in [0.2, 0.25) is 5.91 Å². The van der Waals surface area contributed by atoms with E-state index in [1.165, 1.54) is 0 Å². The number of rotatable bonds is 8. The quantitative estimate of drug-likeness (QED) is 0.718. The first-order valence-electron chi connectivity index (χ1n) is 8.60. The van der Waals surface area contributed by atoms with Gasteiger partial charge in [-0.05, 0) is 25.0 Å². The Morgan fingerprint density at radius 1 is 1.25 bits per heavy atom. The van der Waals surface area contributed by atoms with Gasteiger partial charge in [-0.2, -0.15) is 0 Å². The zero-order chi connectivity index (χ0) is 17.4. The Bertz CT molecular complexity index is 514. The van der Waals surface area contributed by atoms with Gasteiger partial charge in [0.1, 0.15) is 5.75 Å². The Balaban J connectivity index is 1.65. The molecule has 6 nitrogen and oxygen atoms in total. The Hall–Kier alpha value is -1.63. The van der Waals surface area contributed by atoms with Crippen molar-refractivity contribution < 1.29 is 14.6 Å². The highest BCUT2D eigenvalue weighted by Crippen LogP contribution is 2.17. The summed E-state index contributed by atoms with van der Waals surface area (Å²) in [6.45, 7) is 7.11. The number of aliphatic hydroxyl groups excluding tert-OH is 1. The molecule has 0 bridgehead atoms. The van der Waals surface area contributed by atoms with Gasteiger partial charge in [0.15, 0.2) is 0 Å². The van der Waals surface area contributed by atoms with Crippen LogP contribution in [0, 0.1) is 0 Å². The molecule has 1 saturated heterocycles. The van der Waals surface area contributed by atoms with Crippen LogP contribution in [0.15, 0.2) is 24.3 Å². The van der Waals surface area contributed by atoms with Crippen LogP contribution in [0.3, 0.4) is 0 Å². The van der Waals surface area contributed by atoms with E-state index in [-0.39, 0.29) is 12.0 Å². The maximum Gasteiger partial charge on any atom is 0.234 e. The molecule has 24 heavy (non-hydrogen) atoms. The van der Waals surface area contributed by atoms with Crippen LogP contribution < -0.4 is 10.1 Å². The first kappa shape index (κ1) is 18.7. The Morgan fingerprint density at radius 3 is 2.58 bits per heavy atom. The Labute approximate surface area is 144 Å². The molecule has 0 spiro atoms. The van der Waals surface area contributed by atoms with Gasteiger partial charge in [0, 0.05) is 39.3 Å². The molecule has 0 aromatic heterocycles. The molecule has 6 heteroatoms. The third-order valence-electron chi connectivity index (χ3n) is 4.26. The number of piperazine rings is 1. The molecule has 134 valence electrons. The molecule has 1 aliphatic heterocycles. The molecular weight excluding hydrogens is 306 g/mol. The highest BCUT2D eigenvalue weighted by molar-refractivity contribution is 5.78. The number of nitrogens with zero attached hydrogens (tertiary/aromatic N) is 2. The van der Waals surface area contributed by atoms with Gasteiger partial charge >= 0.3 is 0 Å². The maximum atomic E-state index is 12.1. The van der Waals surface area contributed by atoms with Gasteiger partial charge in [-0.1, -0.05) is 18.2 Å². The van der Waals surface area contributed by atoms with E-state index >= 15 is 0 Å². The van der Waals surface area contributed by atoms with Crippen molar-refractivity contribution >= 4 is 5.91 Å². The number of β-amino-alcohol motifs (C(OH)–C–C–N with tert-alkyl or cyclic N) is 1. The molecule has 0 aliphatic carbocycles. The predicted molar refractivity (Wildman–Crippen MR) is 94.3 cm³/mol. The molecule has 2 rings (SSSR count). The summed E-state index contributed by atoms with van der Waals surface area (Å²) < 4.78 is 5.32. The molecule has 0 radical (unpaired) electrons. The molecule has 0 saturated carbocycles. The van der Waals surface area contributed by atoms with Gasteiger partial charge in [0.05, 0.1) is 19.8 Å². The van der Waals surface area contributed by atoms with Crippen molar-refractivity contribution in [3.05, 3.63) is 29.8 Å². The zero-order valence-corrected chi connectivity index (χ0v) is 14.7. The number of para-hydroxylation sites is 1. The van der Waals surface area contributed by atoms with Crippen LogP contribution in [0.4, 0.5) is 0 Å². The molecule has 1 aromatic rings. The van der Waals surface area contributed by atoms with Gasteiger partial charge in [-0.3, -0.25) is 14.6 Å². The number of hydrogen-bond acceptors (Lipinski definition) is 5. The molecule has 0 unspecified atom stereocenters. The fraction of sp³-hybridized carbons (Fsp3) is 0.611. The van der Waals surface area contributed by atoms with E-state index in [0.29, 0.717) is 19.6 Å². The van der Waals surface area contributed by atoms with Crippen LogP contribution in [0.25, 0.3) is 0 Å². The van der Waals surface area contributed by atoms with Crippen molar-refractivity contribution in [3.8, 4) is 5.75 Å². The van der Waals surface area contributed by atoms with Crippen molar-refractivity contribution in [1.29, 1.82) is 0 Å². The summed E-state index contributed by atoms with van der Waals surface area (Å²) in [5.41, 5.74) is 1.10. The summed E-state index contributed by atoms with van der Waals surface area (Å²) >= 11 is 0. The van der Waals surface area contributed by atoms with E-state index in [2.05, 4.69) is 15.1 Å². The van der Waals surface area contributed by atoms with Gasteiger partial charge < -0.3 is 15.2 Å². The van der Waals surface area contributed by atoms with Crippen molar-refractivity contribution in [2.45, 2.75) is 19.4 Å². The van der Waals surface area contributed by atoms with E-state index in [4.69, 9.17) is 4.74 Å². The molecular formula is C18H29N3O3. The summed E-state index contributed by atoms with van der Waals surface area (Å²) in [5.74, 6) is 0.926. The number of benzene rings is 1. The fourth-order valence-corrected chi connectivity index (χ4v) is 3.01. The van der Waals surface area contributed by atoms with Crippen LogP contribution in [0.2, 0.25) is 0 Å². The monoisotopic (exact) mass is 335 g/mol. The van der Waals surface area contributed by atoms with Crippen LogP contribution in [0.5, 0.6) is 5.75 Å². The number of carbonyl (C=O) groups is 1. The average molecular weight is 335 g/mol. The largest absolute Gasteiger partial charge is 0.496 e. The molecule has 1 amide bonds. The normalized spacial score (nSPS) is 17.5. The predicted octanol–water partition coefficient (Wildman–Crippen LogP) is 0.352. The van der Waals surface area contributed by atoms with Crippen molar-refractivity contribution in [2.24, 2.45) is 0 Å². The first-order chi connectivity index (χ1) is 11.6. The minimum atomic E-state index is -0.296. The van der Waals surface area contributed by atoms with Crippen molar-refractivity contribution in [3.63, 3.8) is 0 Å². The summed E-state index contributed by atoms with van der Waals surface area (Å²) in [6, 6.07) is 7.88. The topological polar surface area (TPSA) is 65.0 Å². The van der Waals surface area contributed by atoms with Gasteiger partial charge in [-0.15, -0.1) is 0 Å². The zero-order valence-electron chi connectivity index (χ0n) is 14.7. The highest BCUT2D eigenvalue weighted by Gasteiger charge is 2.19. The first-order valence-corrected chi connectivity index (χ1v) is 8.60. The van der Waals surface area contributed by atoms with Crippen molar-refractivity contribution in [1.82, 2.24) is 15.1 Å². The number of ether oxygens (including phenoxy) is 1. The summed E-state index contributed by atoms with van der Waals surface area (Å²) in [5, 5.41) is 12.4. The molecule has 1 aromatic carbocycles. The van der Waals surface area contributed by atoms with Crippen molar-refractivity contribution in [2.75, 3.05) is 52.9 Å². The highest BCUT2D eigenvalue weighted by atomic mass is 16.5. The Morgan fingerprint density at radius 2 is 1.92 bits per heavy atom. The lowest BCUT2D eigenvalue weighted by atomic mass is 10.1. The second-order valence-electron chi connectivity index (χ2n) is 6.34. The molecule has 1 atom stereocenters. The van der Waals surface area contributed by atoms with Crippen LogP contribution in [-0.4, -0.2) is 79.8 Å². The fourth-order valence-electron chi connectivity index (χ4n) is 3.01. The maximum absolute atomic E-state index is 12.1. The lowest BCUT2D eigenvalue weighted by Gasteiger charge is -2.34. The number of nitrogens with one attached hydrogen (secondary N) is 1. The number of amides is 1. The smallest absolute Gasteiger partial charge is 0.234 e. The number of carbonyl (C=O) groups excluding carboxylic acids is 1. The van der Waals surface area contributed by atoms with Gasteiger partial charge in [-0.25, -0.2) is 0 Å². The lowest BCUT2D eigenvalue weighted by molar-refractivity contribution is -0.122. The standard InChI is InChI=1S/C18H29N3O3/c1-15(22)13-20-9-11-21(12-10-20)14-18(23)19-8-7-16-5-3-4-6-17(16)24-2/h3-6,15,22H,7-14H2,1-2H3,(H,19,23)/t15-/m1/s1. The second kappa shape index (κ2) is 9.61. The third kappa shape index (κ3) is 6.11. The van der Waals surface area contributed by atoms with E-state index in [9.17, 15) is 9.90 Å². The number of hydrogen-bond donors (Lipinski definition) is 2. The number of aliphatic hydroxyl groups is 1. The van der Waals surface area contributed by atoms with Crippen LogP contribution in [-0.2, 0) is 11.2 Å². The molecule has 1 aliphatic rings. The van der Waals surface area contributed by atoms with Crippen LogP contribution in [0.1, 0.15) is 12.5 Å². The van der Waals surface area contributed by atoms with E-state index in [1.807, 2.05) is 31.2 Å². The minimum absolute atomic E-state index is 0.0638. The van der Waals surface area contributed by atoms with Gasteiger partial charge in [0.25, 0.3) is 0 Å². The van der Waals surface area contributed by atoms with E-state index < -0.39 is 0 Å². The summed E-state index contributed by atoms with van der Waals surface area (Å²) in [4.78, 5) is 16.5. The molecule has 2 N–H and O–H groups in total. The third-order valence-corrected chi connectivity index (χ3v) is 4.26. The Kier molecular flexibility index (Phi) is 7.49.